The van der Waals surface area contributed by atoms with Gasteiger partial charge in [0.25, 0.3) is 10.0 Å². The van der Waals surface area contributed by atoms with Gasteiger partial charge in [-0.2, -0.15) is 0 Å². The van der Waals surface area contributed by atoms with Gasteiger partial charge in [0.2, 0.25) is 0 Å². The standard InChI is InChI=1S/C19H18N2O3S/c1-14(22)18-8-5-9-19(20-18)21-25(23,24)17-12-10-16(11-13-17)15-6-3-2-4-7-15/h2-14,22H,1H3,(H,20,21). The maximum Gasteiger partial charge on any atom is 0.263 e. The molecule has 0 saturated heterocycles. The molecule has 0 aliphatic heterocycles. The molecule has 0 spiro atoms. The van der Waals surface area contributed by atoms with E-state index in [4.69, 9.17) is 0 Å². The molecular weight excluding hydrogens is 336 g/mol. The summed E-state index contributed by atoms with van der Waals surface area (Å²) in [4.78, 5) is 4.26. The van der Waals surface area contributed by atoms with Crippen LogP contribution in [-0.4, -0.2) is 18.5 Å². The van der Waals surface area contributed by atoms with E-state index in [9.17, 15) is 13.5 Å². The molecule has 2 N–H and O–H groups in total. The van der Waals surface area contributed by atoms with Gasteiger partial charge in [0, 0.05) is 0 Å². The van der Waals surface area contributed by atoms with Gasteiger partial charge in [-0.05, 0) is 42.3 Å². The summed E-state index contributed by atoms with van der Waals surface area (Å²) in [6.07, 6.45) is -0.769. The number of pyridine rings is 1. The predicted octanol–water partition coefficient (Wildman–Crippen LogP) is 3.60. The SMILES string of the molecule is CC(O)c1cccc(NS(=O)(=O)c2ccc(-c3ccccc3)cc2)n1. The maximum absolute atomic E-state index is 12.5. The highest BCUT2D eigenvalue weighted by Crippen LogP contribution is 2.22. The van der Waals surface area contributed by atoms with Crippen LogP contribution in [0, 0.1) is 0 Å². The lowest BCUT2D eigenvalue weighted by Crippen LogP contribution is -2.14. The van der Waals surface area contributed by atoms with Gasteiger partial charge in [0.1, 0.15) is 5.82 Å². The lowest BCUT2D eigenvalue weighted by Gasteiger charge is -2.10. The number of sulfonamides is 1. The van der Waals surface area contributed by atoms with Gasteiger partial charge >= 0.3 is 0 Å². The van der Waals surface area contributed by atoms with Crippen LogP contribution in [0.15, 0.2) is 77.7 Å². The summed E-state index contributed by atoms with van der Waals surface area (Å²) in [5, 5.41) is 9.56. The molecule has 0 aliphatic rings. The van der Waals surface area contributed by atoms with Crippen molar-refractivity contribution in [1.29, 1.82) is 0 Å². The number of anilines is 1. The number of hydrogen-bond acceptors (Lipinski definition) is 4. The fraction of sp³-hybridized carbons (Fsp3) is 0.105. The normalized spacial score (nSPS) is 12.6. The molecule has 3 aromatic rings. The first kappa shape index (κ1) is 17.1. The van der Waals surface area contributed by atoms with Crippen LogP contribution in [0.5, 0.6) is 0 Å². The Balaban J connectivity index is 1.84. The first-order valence-corrected chi connectivity index (χ1v) is 9.27. The van der Waals surface area contributed by atoms with E-state index in [1.54, 1.807) is 49.4 Å². The van der Waals surface area contributed by atoms with Crippen molar-refractivity contribution in [3.8, 4) is 11.1 Å². The third-order valence-electron chi connectivity index (χ3n) is 3.71. The topological polar surface area (TPSA) is 79.3 Å². The first-order chi connectivity index (χ1) is 12.0. The Morgan fingerprint density at radius 2 is 1.52 bits per heavy atom. The highest BCUT2D eigenvalue weighted by molar-refractivity contribution is 7.92. The molecule has 1 heterocycles. The summed E-state index contributed by atoms with van der Waals surface area (Å²) in [5.74, 6) is 0.172. The lowest BCUT2D eigenvalue weighted by molar-refractivity contribution is 0.194. The average molecular weight is 354 g/mol. The number of nitrogens with one attached hydrogen (secondary N) is 1. The molecule has 1 aromatic heterocycles. The number of hydrogen-bond donors (Lipinski definition) is 2. The average Bonchev–Trinajstić information content (AvgIpc) is 2.62. The lowest BCUT2D eigenvalue weighted by atomic mass is 10.1. The van der Waals surface area contributed by atoms with Crippen LogP contribution in [0.2, 0.25) is 0 Å². The van der Waals surface area contributed by atoms with Gasteiger partial charge in [-0.25, -0.2) is 13.4 Å². The quantitative estimate of drug-likeness (QED) is 0.734. The van der Waals surface area contributed by atoms with E-state index >= 15 is 0 Å². The molecule has 2 aromatic carbocycles. The fourth-order valence-corrected chi connectivity index (χ4v) is 3.40. The first-order valence-electron chi connectivity index (χ1n) is 7.79. The van der Waals surface area contributed by atoms with Gasteiger partial charge < -0.3 is 5.11 Å². The van der Waals surface area contributed by atoms with Crippen molar-refractivity contribution in [2.45, 2.75) is 17.9 Å². The van der Waals surface area contributed by atoms with Crippen LogP contribution in [0.3, 0.4) is 0 Å². The number of aromatic nitrogens is 1. The molecule has 0 fully saturated rings. The number of nitrogens with zero attached hydrogens (tertiary/aromatic N) is 1. The van der Waals surface area contributed by atoms with Gasteiger partial charge in [-0.1, -0.05) is 48.5 Å². The Labute approximate surface area is 147 Å². The fourth-order valence-electron chi connectivity index (χ4n) is 2.39. The summed E-state index contributed by atoms with van der Waals surface area (Å²) in [7, 11) is -3.75. The molecule has 25 heavy (non-hydrogen) atoms. The van der Waals surface area contributed by atoms with Gasteiger partial charge in [-0.3, -0.25) is 4.72 Å². The van der Waals surface area contributed by atoms with Crippen molar-refractivity contribution in [3.63, 3.8) is 0 Å². The molecule has 0 bridgehead atoms. The van der Waals surface area contributed by atoms with Crippen molar-refractivity contribution in [2.75, 3.05) is 4.72 Å². The molecule has 0 radical (unpaired) electrons. The van der Waals surface area contributed by atoms with E-state index < -0.39 is 16.1 Å². The van der Waals surface area contributed by atoms with E-state index in [0.717, 1.165) is 11.1 Å². The van der Waals surface area contributed by atoms with E-state index in [1.165, 1.54) is 0 Å². The molecule has 128 valence electrons. The van der Waals surface area contributed by atoms with Crippen molar-refractivity contribution >= 4 is 15.8 Å². The van der Waals surface area contributed by atoms with Gasteiger partial charge in [0.15, 0.2) is 0 Å². The second-order valence-corrected chi connectivity index (χ2v) is 7.30. The highest BCUT2D eigenvalue weighted by atomic mass is 32.2. The number of aliphatic hydroxyl groups is 1. The van der Waals surface area contributed by atoms with Gasteiger partial charge in [-0.15, -0.1) is 0 Å². The third kappa shape index (κ3) is 4.04. The zero-order valence-electron chi connectivity index (χ0n) is 13.6. The van der Waals surface area contributed by atoms with E-state index in [1.807, 2.05) is 30.3 Å². The summed E-state index contributed by atoms with van der Waals surface area (Å²) >= 11 is 0. The molecule has 1 atom stereocenters. The summed E-state index contributed by atoms with van der Waals surface area (Å²) in [6.45, 7) is 1.57. The minimum absolute atomic E-state index is 0.149. The van der Waals surface area contributed by atoms with Crippen molar-refractivity contribution in [2.24, 2.45) is 0 Å². The van der Waals surface area contributed by atoms with Crippen molar-refractivity contribution in [1.82, 2.24) is 4.98 Å². The predicted molar refractivity (Wildman–Crippen MR) is 97.6 cm³/mol. The smallest absolute Gasteiger partial charge is 0.263 e. The Hall–Kier alpha value is -2.70. The van der Waals surface area contributed by atoms with Crippen LogP contribution in [-0.2, 0) is 10.0 Å². The van der Waals surface area contributed by atoms with E-state index in [2.05, 4.69) is 9.71 Å². The monoisotopic (exact) mass is 354 g/mol. The van der Waals surface area contributed by atoms with Crippen LogP contribution >= 0.6 is 0 Å². The molecule has 5 nitrogen and oxygen atoms in total. The number of rotatable bonds is 5. The molecule has 0 aliphatic carbocycles. The Morgan fingerprint density at radius 3 is 2.16 bits per heavy atom. The molecule has 1 unspecified atom stereocenters. The van der Waals surface area contributed by atoms with Crippen LogP contribution in [0.1, 0.15) is 18.7 Å². The zero-order chi connectivity index (χ0) is 17.9. The Bertz CT molecular complexity index is 953. The molecule has 6 heteroatoms. The summed E-state index contributed by atoms with van der Waals surface area (Å²) in [6, 6.07) is 21.2. The van der Waals surface area contributed by atoms with E-state index in [-0.39, 0.29) is 10.7 Å². The maximum atomic E-state index is 12.5. The minimum Gasteiger partial charge on any atom is -0.387 e. The summed E-state index contributed by atoms with van der Waals surface area (Å²) < 4.78 is 27.5. The van der Waals surface area contributed by atoms with Crippen LogP contribution < -0.4 is 4.72 Å². The van der Waals surface area contributed by atoms with Crippen molar-refractivity contribution in [3.05, 3.63) is 78.5 Å². The highest BCUT2D eigenvalue weighted by Gasteiger charge is 2.15. The zero-order valence-corrected chi connectivity index (χ0v) is 14.4. The molecule has 3 rings (SSSR count). The van der Waals surface area contributed by atoms with Crippen LogP contribution in [0.4, 0.5) is 5.82 Å². The molecular formula is C19H18N2O3S. The minimum atomic E-state index is -3.75. The van der Waals surface area contributed by atoms with Crippen LogP contribution in [0.25, 0.3) is 11.1 Å². The second-order valence-electron chi connectivity index (χ2n) is 5.62. The molecule has 0 amide bonds. The third-order valence-corrected chi connectivity index (χ3v) is 5.08. The largest absolute Gasteiger partial charge is 0.387 e. The Kier molecular flexibility index (Phi) is 4.83. The Morgan fingerprint density at radius 1 is 0.880 bits per heavy atom. The second kappa shape index (κ2) is 7.04. The summed E-state index contributed by atoms with van der Waals surface area (Å²) in [5.41, 5.74) is 2.36. The number of benzene rings is 2. The van der Waals surface area contributed by atoms with E-state index in [0.29, 0.717) is 5.69 Å². The number of aliphatic hydroxyl groups excluding tert-OH is 1. The van der Waals surface area contributed by atoms with Gasteiger partial charge in [0.05, 0.1) is 16.7 Å². The van der Waals surface area contributed by atoms with Crippen molar-refractivity contribution < 1.29 is 13.5 Å². The molecule has 0 saturated carbocycles.